The molecule has 2 atom stereocenters. The van der Waals surface area contributed by atoms with E-state index in [1.807, 2.05) is 36.7 Å². The summed E-state index contributed by atoms with van der Waals surface area (Å²) in [5.74, 6) is -3.96. The summed E-state index contributed by atoms with van der Waals surface area (Å²) in [5, 5.41) is 0. The Kier molecular flexibility index (Phi) is 5.62. The fourth-order valence-corrected chi connectivity index (χ4v) is 4.48. The van der Waals surface area contributed by atoms with Gasteiger partial charge in [0.15, 0.2) is 23.2 Å². The molecule has 0 N–H and O–H groups in total. The van der Waals surface area contributed by atoms with Crippen molar-refractivity contribution in [1.29, 1.82) is 0 Å². The Bertz CT molecular complexity index is 1370. The summed E-state index contributed by atoms with van der Waals surface area (Å²) in [6.45, 7) is 3.71. The second-order valence-corrected chi connectivity index (χ2v) is 8.51. The first-order chi connectivity index (χ1) is 16.8. The van der Waals surface area contributed by atoms with Crippen LogP contribution in [0.15, 0.2) is 54.7 Å². The minimum atomic E-state index is -1.55. The molecule has 1 fully saturated rings. The summed E-state index contributed by atoms with van der Waals surface area (Å²) < 4.78 is 54.6. The minimum absolute atomic E-state index is 0.0814. The van der Waals surface area contributed by atoms with Crippen LogP contribution in [0.3, 0.4) is 0 Å². The molecule has 0 unspecified atom stereocenters. The lowest BCUT2D eigenvalue weighted by Gasteiger charge is -2.38. The van der Waals surface area contributed by atoms with Crippen LogP contribution >= 0.6 is 0 Å². The third-order valence-corrected chi connectivity index (χ3v) is 6.20. The molecule has 0 bridgehead atoms. The van der Waals surface area contributed by atoms with Crippen LogP contribution in [0.4, 0.5) is 13.2 Å². The van der Waals surface area contributed by atoms with Crippen LogP contribution in [0.2, 0.25) is 0 Å². The Morgan fingerprint density at radius 2 is 1.91 bits per heavy atom. The number of carbonyl (C=O) groups is 1. The molecule has 5 rings (SSSR count). The molecule has 180 valence electrons. The van der Waals surface area contributed by atoms with Gasteiger partial charge in [-0.25, -0.2) is 18.2 Å². The summed E-state index contributed by atoms with van der Waals surface area (Å²) in [7, 11) is 1.55. The highest BCUT2D eigenvalue weighted by Gasteiger charge is 2.43. The number of rotatable bonds is 4. The molecule has 0 spiro atoms. The number of methoxy groups -OCH3 is 1. The van der Waals surface area contributed by atoms with Crippen LogP contribution in [0.25, 0.3) is 17.5 Å². The topological polar surface area (TPSA) is 56.6 Å². The first-order valence-electron chi connectivity index (χ1n) is 11.0. The third kappa shape index (κ3) is 3.96. The van der Waals surface area contributed by atoms with E-state index in [2.05, 4.69) is 4.98 Å². The summed E-state index contributed by atoms with van der Waals surface area (Å²) in [5.41, 5.74) is 2.72. The zero-order valence-electron chi connectivity index (χ0n) is 19.3. The monoisotopic (exact) mass is 481 g/mol. The molecule has 0 radical (unpaired) electrons. The van der Waals surface area contributed by atoms with Crippen molar-refractivity contribution in [3.63, 3.8) is 0 Å². The Morgan fingerprint density at radius 3 is 2.57 bits per heavy atom. The second-order valence-electron chi connectivity index (χ2n) is 8.51. The normalized spacial score (nSPS) is 20.6. The number of carbonyl (C=O) groups excluding carboxylic acids is 1. The van der Waals surface area contributed by atoms with Gasteiger partial charge in [-0.15, -0.1) is 0 Å². The van der Waals surface area contributed by atoms with Crippen LogP contribution in [-0.4, -0.2) is 39.6 Å². The quantitative estimate of drug-likeness (QED) is 0.389. The molecular formula is C26H22F3N3O3. The van der Waals surface area contributed by atoms with Crippen LogP contribution < -0.4 is 4.74 Å². The van der Waals surface area contributed by atoms with Crippen molar-refractivity contribution in [3.8, 4) is 11.4 Å². The van der Waals surface area contributed by atoms with Gasteiger partial charge >= 0.3 is 0 Å². The van der Waals surface area contributed by atoms with Gasteiger partial charge < -0.3 is 14.0 Å². The number of imidazole rings is 1. The third-order valence-electron chi connectivity index (χ3n) is 6.20. The Hall–Kier alpha value is -4.01. The average Bonchev–Trinajstić information content (AvgIpc) is 3.47. The SMILES string of the molecule is COc1cc(/C=C2\O[C@H](C)[C@H]3CC=C(c4cc(F)c(F)c(F)c4)N3C2=O)ccc1-n1cnc(C)c1. The molecule has 6 nitrogen and oxygen atoms in total. The smallest absolute Gasteiger partial charge is 0.293 e. The molecule has 3 aromatic rings. The second kappa shape index (κ2) is 8.65. The van der Waals surface area contributed by atoms with Crippen molar-refractivity contribution in [2.45, 2.75) is 32.4 Å². The Morgan fingerprint density at radius 1 is 1.17 bits per heavy atom. The molecule has 0 aliphatic carbocycles. The number of morpholine rings is 1. The van der Waals surface area contributed by atoms with E-state index in [0.717, 1.165) is 23.5 Å². The van der Waals surface area contributed by atoms with E-state index in [1.54, 1.807) is 31.7 Å². The van der Waals surface area contributed by atoms with Gasteiger partial charge in [-0.1, -0.05) is 12.1 Å². The predicted molar refractivity (Wildman–Crippen MR) is 123 cm³/mol. The molecule has 1 amide bonds. The largest absolute Gasteiger partial charge is 0.495 e. The number of amides is 1. The highest BCUT2D eigenvalue weighted by molar-refractivity contribution is 6.02. The summed E-state index contributed by atoms with van der Waals surface area (Å²) in [6, 6.07) is 6.88. The lowest BCUT2D eigenvalue weighted by molar-refractivity contribution is -0.138. The highest BCUT2D eigenvalue weighted by atomic mass is 19.2. The summed E-state index contributed by atoms with van der Waals surface area (Å²) in [4.78, 5) is 19.1. The van der Waals surface area contributed by atoms with E-state index < -0.39 is 23.4 Å². The first kappa shape index (κ1) is 22.8. The van der Waals surface area contributed by atoms with E-state index >= 15 is 0 Å². The molecular weight excluding hydrogens is 459 g/mol. The van der Waals surface area contributed by atoms with Gasteiger partial charge in [0.05, 0.1) is 30.9 Å². The molecule has 0 saturated carbocycles. The van der Waals surface area contributed by atoms with Gasteiger partial charge in [-0.05, 0) is 56.2 Å². The lowest BCUT2D eigenvalue weighted by atomic mass is 10.1. The fraction of sp³-hybridized carbons (Fsp3) is 0.231. The zero-order valence-corrected chi connectivity index (χ0v) is 19.3. The number of ether oxygens (including phenoxy) is 2. The van der Waals surface area contributed by atoms with Crippen molar-refractivity contribution in [2.75, 3.05) is 7.11 Å². The minimum Gasteiger partial charge on any atom is -0.495 e. The van der Waals surface area contributed by atoms with E-state index in [4.69, 9.17) is 9.47 Å². The zero-order chi connectivity index (χ0) is 24.9. The van der Waals surface area contributed by atoms with Gasteiger partial charge in [-0.3, -0.25) is 9.69 Å². The van der Waals surface area contributed by atoms with Crippen molar-refractivity contribution >= 4 is 17.7 Å². The average molecular weight is 481 g/mol. The maximum absolute atomic E-state index is 13.9. The maximum atomic E-state index is 13.9. The van der Waals surface area contributed by atoms with Crippen molar-refractivity contribution < 1.29 is 27.4 Å². The number of aromatic nitrogens is 2. The fourth-order valence-electron chi connectivity index (χ4n) is 4.48. The van der Waals surface area contributed by atoms with Crippen molar-refractivity contribution in [1.82, 2.24) is 14.5 Å². The van der Waals surface area contributed by atoms with E-state index in [9.17, 15) is 18.0 Å². The molecule has 2 aliphatic rings. The number of nitrogens with zero attached hydrogens (tertiary/aromatic N) is 3. The van der Waals surface area contributed by atoms with Crippen molar-refractivity contribution in [2.24, 2.45) is 0 Å². The number of aryl methyl sites for hydroxylation is 1. The molecule has 1 saturated heterocycles. The molecule has 35 heavy (non-hydrogen) atoms. The maximum Gasteiger partial charge on any atom is 0.293 e. The Balaban J connectivity index is 1.48. The molecule has 1 aromatic heterocycles. The lowest BCUT2D eigenvalue weighted by Crippen LogP contribution is -2.48. The molecule has 2 aliphatic heterocycles. The number of benzene rings is 2. The Labute approximate surface area is 199 Å². The van der Waals surface area contributed by atoms with Crippen LogP contribution in [0.5, 0.6) is 5.75 Å². The number of hydrogen-bond donors (Lipinski definition) is 0. The van der Waals surface area contributed by atoms with Crippen LogP contribution in [0, 0.1) is 24.4 Å². The van der Waals surface area contributed by atoms with Gasteiger partial charge in [0.25, 0.3) is 5.91 Å². The van der Waals surface area contributed by atoms with Crippen LogP contribution in [-0.2, 0) is 9.53 Å². The first-order valence-corrected chi connectivity index (χ1v) is 11.0. The van der Waals surface area contributed by atoms with E-state index in [0.29, 0.717) is 23.4 Å². The molecule has 2 aromatic carbocycles. The highest BCUT2D eigenvalue weighted by Crippen LogP contribution is 2.39. The predicted octanol–water partition coefficient (Wildman–Crippen LogP) is 5.01. The molecule has 3 heterocycles. The van der Waals surface area contributed by atoms with E-state index in [-0.39, 0.29) is 23.5 Å². The molecule has 9 heteroatoms. The van der Waals surface area contributed by atoms with Gasteiger partial charge in [0, 0.05) is 17.5 Å². The van der Waals surface area contributed by atoms with Crippen LogP contribution in [0.1, 0.15) is 30.2 Å². The number of hydrogen-bond acceptors (Lipinski definition) is 4. The van der Waals surface area contributed by atoms with Gasteiger partial charge in [0.2, 0.25) is 0 Å². The van der Waals surface area contributed by atoms with Gasteiger partial charge in [0.1, 0.15) is 11.9 Å². The van der Waals surface area contributed by atoms with Gasteiger partial charge in [-0.2, -0.15) is 0 Å². The standard InChI is InChI=1S/C26H22F3N3O3/c1-14-12-31(13-30-14)22-5-4-16(8-23(22)34-3)9-24-26(33)32-20(15(2)35-24)6-7-21(32)17-10-18(27)25(29)19(28)11-17/h4-5,7-13,15,20H,6H2,1-3H3/b24-9-/t15-,20-/m1/s1. The number of fused-ring (bicyclic) bond motifs is 1. The van der Waals surface area contributed by atoms with Crippen molar-refractivity contribution in [3.05, 3.63) is 89.0 Å². The summed E-state index contributed by atoms with van der Waals surface area (Å²) in [6.07, 6.45) is 6.93. The summed E-state index contributed by atoms with van der Waals surface area (Å²) >= 11 is 0. The van der Waals surface area contributed by atoms with E-state index in [1.165, 1.54) is 4.90 Å². The number of halogens is 3.